The van der Waals surface area contributed by atoms with Crippen molar-refractivity contribution in [3.8, 4) is 6.07 Å². The van der Waals surface area contributed by atoms with Crippen molar-refractivity contribution < 1.29 is 4.42 Å². The molecule has 29 heavy (non-hydrogen) atoms. The molecule has 0 atom stereocenters. The van der Waals surface area contributed by atoms with Gasteiger partial charge in [-0.3, -0.25) is 0 Å². The molecule has 1 aliphatic heterocycles. The summed E-state index contributed by atoms with van der Waals surface area (Å²) >= 11 is 1.60. The fraction of sp³-hybridized carbons (Fsp3) is 0.409. The van der Waals surface area contributed by atoms with Crippen LogP contribution in [0.25, 0.3) is 0 Å². The van der Waals surface area contributed by atoms with Crippen LogP contribution in [-0.4, -0.2) is 34.5 Å². The monoisotopic (exact) mass is 407 g/mol. The van der Waals surface area contributed by atoms with Crippen LogP contribution in [0.4, 0.5) is 10.9 Å². The van der Waals surface area contributed by atoms with Crippen LogP contribution < -0.4 is 5.32 Å². The minimum atomic E-state index is 0.518. The molecule has 0 aliphatic carbocycles. The Kier molecular flexibility index (Phi) is 6.23. The summed E-state index contributed by atoms with van der Waals surface area (Å²) in [4.78, 5) is 11.6. The lowest BCUT2D eigenvalue weighted by Crippen LogP contribution is -2.33. The van der Waals surface area contributed by atoms with Crippen LogP contribution in [0.1, 0.15) is 48.0 Å². The normalized spacial score (nSPS) is 15.3. The second-order valence-corrected chi connectivity index (χ2v) is 8.33. The molecule has 1 fully saturated rings. The number of nitrogens with zero attached hydrogens (tertiary/aromatic N) is 4. The topological polar surface area (TPSA) is 78.0 Å². The van der Waals surface area contributed by atoms with Crippen LogP contribution in [0.2, 0.25) is 0 Å². The molecule has 0 saturated carbocycles. The molecular formula is C22H25N5OS. The first-order valence-corrected chi connectivity index (χ1v) is 10.9. The highest BCUT2D eigenvalue weighted by molar-refractivity contribution is 7.13. The number of anilines is 2. The maximum atomic E-state index is 9.01. The molecule has 1 aliphatic rings. The maximum absolute atomic E-state index is 9.01. The van der Waals surface area contributed by atoms with Crippen molar-refractivity contribution in [1.82, 2.24) is 14.9 Å². The van der Waals surface area contributed by atoms with Gasteiger partial charge in [-0.2, -0.15) is 5.26 Å². The largest absolute Gasteiger partial charge is 0.466 e. The fourth-order valence-corrected chi connectivity index (χ4v) is 4.56. The zero-order valence-electron chi connectivity index (χ0n) is 16.6. The minimum Gasteiger partial charge on any atom is -0.466 e. The lowest BCUT2D eigenvalue weighted by Gasteiger charge is -2.31. The molecule has 0 aromatic carbocycles. The van der Waals surface area contributed by atoms with Gasteiger partial charge < -0.3 is 14.6 Å². The van der Waals surface area contributed by atoms with Gasteiger partial charge in [-0.15, -0.1) is 11.3 Å². The Morgan fingerprint density at radius 1 is 1.31 bits per heavy atom. The second-order valence-electron chi connectivity index (χ2n) is 7.48. The van der Waals surface area contributed by atoms with Gasteiger partial charge in [0, 0.05) is 23.9 Å². The molecule has 150 valence electrons. The quantitative estimate of drug-likeness (QED) is 0.602. The van der Waals surface area contributed by atoms with Crippen LogP contribution in [-0.2, 0) is 6.42 Å². The fourth-order valence-electron chi connectivity index (χ4n) is 3.76. The van der Waals surface area contributed by atoms with Crippen LogP contribution in [0.15, 0.2) is 40.3 Å². The van der Waals surface area contributed by atoms with Crippen molar-refractivity contribution in [2.24, 2.45) is 0 Å². The van der Waals surface area contributed by atoms with E-state index < -0.39 is 0 Å². The third kappa shape index (κ3) is 5.22. The number of nitriles is 1. The first-order valence-electron chi connectivity index (χ1n) is 10.1. The Labute approximate surface area is 175 Å². The van der Waals surface area contributed by atoms with Crippen LogP contribution in [0.5, 0.6) is 0 Å². The smallest absolute Gasteiger partial charge is 0.188 e. The summed E-state index contributed by atoms with van der Waals surface area (Å²) in [5.74, 6) is 3.26. The van der Waals surface area contributed by atoms with Gasteiger partial charge in [0.2, 0.25) is 0 Å². The van der Waals surface area contributed by atoms with E-state index in [1.165, 1.54) is 5.69 Å². The van der Waals surface area contributed by atoms with Gasteiger partial charge >= 0.3 is 0 Å². The molecule has 0 amide bonds. The first kappa shape index (κ1) is 19.6. The van der Waals surface area contributed by atoms with Crippen LogP contribution in [0.3, 0.4) is 0 Å². The highest BCUT2D eigenvalue weighted by Gasteiger charge is 2.22. The lowest BCUT2D eigenvalue weighted by atomic mass is 9.94. The molecule has 0 unspecified atom stereocenters. The van der Waals surface area contributed by atoms with E-state index >= 15 is 0 Å². The van der Waals surface area contributed by atoms with Crippen molar-refractivity contribution in [3.05, 3.63) is 58.6 Å². The predicted molar refractivity (Wildman–Crippen MR) is 115 cm³/mol. The third-order valence-corrected chi connectivity index (χ3v) is 6.12. The molecule has 0 spiro atoms. The minimum absolute atomic E-state index is 0.518. The number of likely N-dealkylation sites (tertiary alicyclic amines) is 1. The Bertz CT molecular complexity index is 981. The standard InChI is InChI=1S/C22H25N5OS/c1-16-4-5-19(28-16)3-2-10-27-11-7-18(8-12-27)20-15-29-22(25-20)26-21-13-17(14-23)6-9-24-21/h4-6,9,13,15,18H,2-3,7-8,10-12H2,1H3,(H,24,25,26). The summed E-state index contributed by atoms with van der Waals surface area (Å²) in [6, 6.07) is 9.69. The number of hydrogen-bond donors (Lipinski definition) is 1. The maximum Gasteiger partial charge on any atom is 0.188 e. The SMILES string of the molecule is Cc1ccc(CCCN2CCC(c3csc(Nc4cc(C#N)ccn4)n3)CC2)o1. The van der Waals surface area contributed by atoms with E-state index in [-0.39, 0.29) is 0 Å². The van der Waals surface area contributed by atoms with Gasteiger partial charge in [0.1, 0.15) is 17.3 Å². The van der Waals surface area contributed by atoms with E-state index in [0.717, 1.165) is 62.0 Å². The third-order valence-electron chi connectivity index (χ3n) is 5.35. The molecule has 3 aromatic rings. The first-order chi connectivity index (χ1) is 14.2. The molecule has 7 heteroatoms. The molecule has 1 N–H and O–H groups in total. The molecule has 6 nitrogen and oxygen atoms in total. The van der Waals surface area contributed by atoms with Gasteiger partial charge in [-0.25, -0.2) is 9.97 Å². The van der Waals surface area contributed by atoms with Gasteiger partial charge in [-0.05, 0) is 70.1 Å². The summed E-state index contributed by atoms with van der Waals surface area (Å²) in [6.45, 7) is 5.35. The van der Waals surface area contributed by atoms with Gasteiger partial charge in [0.15, 0.2) is 5.13 Å². The molecular weight excluding hydrogens is 382 g/mol. The molecule has 1 saturated heterocycles. The van der Waals surface area contributed by atoms with Crippen molar-refractivity contribution in [1.29, 1.82) is 5.26 Å². The van der Waals surface area contributed by atoms with E-state index in [0.29, 0.717) is 17.3 Å². The van der Waals surface area contributed by atoms with Crippen LogP contribution >= 0.6 is 11.3 Å². The van der Waals surface area contributed by atoms with E-state index in [9.17, 15) is 0 Å². The van der Waals surface area contributed by atoms with Crippen molar-refractivity contribution >= 4 is 22.3 Å². The average molecular weight is 408 g/mol. The van der Waals surface area contributed by atoms with E-state index in [1.54, 1.807) is 29.7 Å². The predicted octanol–water partition coefficient (Wildman–Crippen LogP) is 4.87. The number of thiazole rings is 1. The Balaban J connectivity index is 1.24. The van der Waals surface area contributed by atoms with E-state index in [4.69, 9.17) is 14.7 Å². The Morgan fingerprint density at radius 3 is 2.93 bits per heavy atom. The number of aromatic nitrogens is 2. The highest BCUT2D eigenvalue weighted by Crippen LogP contribution is 2.31. The Hall–Kier alpha value is -2.69. The average Bonchev–Trinajstić information content (AvgIpc) is 3.38. The number of pyridine rings is 1. The Morgan fingerprint density at radius 2 is 2.17 bits per heavy atom. The van der Waals surface area contributed by atoms with Gasteiger partial charge in [0.25, 0.3) is 0 Å². The van der Waals surface area contributed by atoms with Gasteiger partial charge in [-0.1, -0.05) is 0 Å². The molecule has 0 radical (unpaired) electrons. The zero-order valence-corrected chi connectivity index (χ0v) is 17.4. The van der Waals surface area contributed by atoms with Crippen molar-refractivity contribution in [2.75, 3.05) is 25.0 Å². The van der Waals surface area contributed by atoms with E-state index in [1.807, 2.05) is 13.0 Å². The van der Waals surface area contributed by atoms with Gasteiger partial charge in [0.05, 0.1) is 17.3 Å². The molecule has 4 rings (SSSR count). The number of nitrogens with one attached hydrogen (secondary N) is 1. The van der Waals surface area contributed by atoms with E-state index in [2.05, 4.69) is 32.7 Å². The summed E-state index contributed by atoms with van der Waals surface area (Å²) in [7, 11) is 0. The summed E-state index contributed by atoms with van der Waals surface area (Å²) in [5.41, 5.74) is 1.76. The summed E-state index contributed by atoms with van der Waals surface area (Å²) < 4.78 is 5.65. The number of aryl methyl sites for hydroxylation is 2. The number of hydrogen-bond acceptors (Lipinski definition) is 7. The molecule has 4 heterocycles. The van der Waals surface area contributed by atoms with Crippen molar-refractivity contribution in [2.45, 2.75) is 38.5 Å². The highest BCUT2D eigenvalue weighted by atomic mass is 32.1. The number of piperidine rings is 1. The van der Waals surface area contributed by atoms with Crippen LogP contribution in [0, 0.1) is 18.3 Å². The molecule has 0 bridgehead atoms. The van der Waals surface area contributed by atoms with Crippen molar-refractivity contribution in [3.63, 3.8) is 0 Å². The number of furan rings is 1. The summed E-state index contributed by atoms with van der Waals surface area (Å²) in [5, 5.41) is 15.2. The zero-order chi connectivity index (χ0) is 20.1. The summed E-state index contributed by atoms with van der Waals surface area (Å²) in [6.07, 6.45) is 6.07. The lowest BCUT2D eigenvalue weighted by molar-refractivity contribution is 0.208. The number of rotatable bonds is 7. The second kappa shape index (κ2) is 9.21. The molecule has 3 aromatic heterocycles.